The van der Waals surface area contributed by atoms with Crippen LogP contribution in [-0.2, 0) is 4.79 Å². The van der Waals surface area contributed by atoms with Crippen molar-refractivity contribution in [1.29, 1.82) is 0 Å². The first-order valence-corrected chi connectivity index (χ1v) is 11.2. The molecule has 1 aromatic heterocycles. The second-order valence-electron chi connectivity index (χ2n) is 8.82. The molecular weight excluding hydrogens is 352 g/mol. The molecule has 5 atom stereocenters. The highest BCUT2D eigenvalue weighted by atomic mass is 16.2. The quantitative estimate of drug-likeness (QED) is 0.777. The van der Waals surface area contributed by atoms with Crippen molar-refractivity contribution in [2.75, 3.05) is 0 Å². The molecule has 6 heteroatoms. The minimum absolute atomic E-state index is 0.0113. The number of hydrogen-bond donors (Lipinski definition) is 2. The van der Waals surface area contributed by atoms with E-state index in [-0.39, 0.29) is 29.9 Å². The van der Waals surface area contributed by atoms with Crippen LogP contribution in [0.5, 0.6) is 0 Å². The summed E-state index contributed by atoms with van der Waals surface area (Å²) >= 11 is 0. The summed E-state index contributed by atoms with van der Waals surface area (Å²) < 4.78 is 1.65. The highest BCUT2D eigenvalue weighted by Gasteiger charge is 2.28. The number of amides is 2. The lowest BCUT2D eigenvalue weighted by atomic mass is 9.86. The molecule has 3 rings (SSSR count). The topological polar surface area (TPSA) is 76.0 Å². The van der Waals surface area contributed by atoms with Crippen LogP contribution in [0.4, 0.5) is 0 Å². The molecule has 1 aromatic rings. The summed E-state index contributed by atoms with van der Waals surface area (Å²) in [5.74, 6) is 0.906. The highest BCUT2D eigenvalue weighted by Crippen LogP contribution is 2.25. The molecule has 0 spiro atoms. The molecule has 156 valence electrons. The third-order valence-electron chi connectivity index (χ3n) is 6.72. The van der Waals surface area contributed by atoms with Gasteiger partial charge in [0, 0.05) is 18.3 Å². The van der Waals surface area contributed by atoms with E-state index < -0.39 is 0 Å². The van der Waals surface area contributed by atoms with Gasteiger partial charge in [-0.25, -0.2) is 0 Å². The number of nitrogens with zero attached hydrogens (tertiary/aromatic N) is 2. The molecule has 0 bridgehead atoms. The lowest BCUT2D eigenvalue weighted by Crippen LogP contribution is -2.44. The van der Waals surface area contributed by atoms with Gasteiger partial charge in [-0.05, 0) is 50.0 Å². The summed E-state index contributed by atoms with van der Waals surface area (Å²) in [6, 6.07) is 1.83. The maximum atomic E-state index is 12.9. The average molecular weight is 389 g/mol. The van der Waals surface area contributed by atoms with E-state index in [4.69, 9.17) is 0 Å². The third-order valence-corrected chi connectivity index (χ3v) is 6.72. The Hall–Kier alpha value is -1.85. The fraction of sp³-hybridized carbons (Fsp3) is 0.773. The van der Waals surface area contributed by atoms with Crippen LogP contribution in [0.15, 0.2) is 12.3 Å². The van der Waals surface area contributed by atoms with Crippen LogP contribution in [0, 0.1) is 11.8 Å². The zero-order valence-corrected chi connectivity index (χ0v) is 17.6. The molecule has 0 radical (unpaired) electrons. The fourth-order valence-electron chi connectivity index (χ4n) is 4.71. The summed E-state index contributed by atoms with van der Waals surface area (Å²) in [7, 11) is 0. The monoisotopic (exact) mass is 388 g/mol. The van der Waals surface area contributed by atoms with E-state index in [1.807, 2.05) is 6.92 Å². The molecule has 2 aliphatic carbocycles. The van der Waals surface area contributed by atoms with Gasteiger partial charge in [0.25, 0.3) is 5.91 Å². The maximum Gasteiger partial charge on any atom is 0.272 e. The number of aromatic nitrogens is 2. The number of carbonyl (C=O) groups is 2. The van der Waals surface area contributed by atoms with E-state index in [0.29, 0.717) is 24.0 Å². The van der Waals surface area contributed by atoms with E-state index in [0.717, 1.165) is 19.3 Å². The van der Waals surface area contributed by atoms with Gasteiger partial charge in [0.05, 0.1) is 0 Å². The Labute approximate surface area is 168 Å². The average Bonchev–Trinajstić information content (AvgIpc) is 3.16. The minimum atomic E-state index is -0.371. The molecule has 2 aliphatic rings. The molecule has 2 saturated carbocycles. The van der Waals surface area contributed by atoms with Gasteiger partial charge in [-0.1, -0.05) is 46.5 Å². The zero-order valence-electron chi connectivity index (χ0n) is 17.6. The van der Waals surface area contributed by atoms with Crippen molar-refractivity contribution in [3.05, 3.63) is 18.0 Å². The summed E-state index contributed by atoms with van der Waals surface area (Å²) in [5.41, 5.74) is 0.398. The molecule has 0 aromatic carbocycles. The Morgan fingerprint density at radius 2 is 1.61 bits per heavy atom. The van der Waals surface area contributed by atoms with E-state index in [1.54, 1.807) is 16.9 Å². The molecule has 1 heterocycles. The van der Waals surface area contributed by atoms with Crippen LogP contribution in [0.25, 0.3) is 0 Å². The summed E-state index contributed by atoms with van der Waals surface area (Å²) in [6.45, 7) is 6.40. The Morgan fingerprint density at radius 3 is 2.18 bits per heavy atom. The summed E-state index contributed by atoms with van der Waals surface area (Å²) in [6.07, 6.45) is 11.7. The Morgan fingerprint density at radius 1 is 1.04 bits per heavy atom. The summed E-state index contributed by atoms with van der Waals surface area (Å²) in [4.78, 5) is 25.5. The van der Waals surface area contributed by atoms with Crippen molar-refractivity contribution < 1.29 is 9.59 Å². The van der Waals surface area contributed by atoms with Gasteiger partial charge >= 0.3 is 0 Å². The van der Waals surface area contributed by atoms with Crippen molar-refractivity contribution >= 4 is 11.8 Å². The molecule has 0 aliphatic heterocycles. The van der Waals surface area contributed by atoms with Gasteiger partial charge in [-0.3, -0.25) is 14.3 Å². The van der Waals surface area contributed by atoms with Crippen molar-refractivity contribution in [2.24, 2.45) is 11.8 Å². The van der Waals surface area contributed by atoms with Crippen molar-refractivity contribution in [2.45, 2.75) is 96.7 Å². The fourth-order valence-corrected chi connectivity index (χ4v) is 4.71. The van der Waals surface area contributed by atoms with Gasteiger partial charge in [0.1, 0.15) is 11.7 Å². The molecule has 2 N–H and O–H groups in total. The van der Waals surface area contributed by atoms with Gasteiger partial charge in [0.2, 0.25) is 5.91 Å². The molecular formula is C22H36N4O2. The number of nitrogens with one attached hydrogen (secondary N) is 2. The van der Waals surface area contributed by atoms with E-state index in [2.05, 4.69) is 29.6 Å². The lowest BCUT2D eigenvalue weighted by molar-refractivity contribution is -0.126. The maximum absolute atomic E-state index is 12.9. The SMILES string of the molecule is CC[C@H](C(=O)N[C@H]1CCCC[C@@H]1C)n1ccc(C(=O)N[C@@H]2CCCC[C@@H]2C)n1. The van der Waals surface area contributed by atoms with Gasteiger partial charge in [-0.2, -0.15) is 5.10 Å². The largest absolute Gasteiger partial charge is 0.351 e. The van der Waals surface area contributed by atoms with Crippen molar-refractivity contribution in [3.63, 3.8) is 0 Å². The summed E-state index contributed by atoms with van der Waals surface area (Å²) in [5, 5.41) is 10.8. The van der Waals surface area contributed by atoms with Crippen molar-refractivity contribution in [1.82, 2.24) is 20.4 Å². The Kier molecular flexibility index (Phi) is 7.13. The first kappa shape index (κ1) is 20.9. The van der Waals surface area contributed by atoms with E-state index in [9.17, 15) is 9.59 Å². The normalized spacial score (nSPS) is 29.1. The molecule has 2 amide bonds. The van der Waals surface area contributed by atoms with Crippen LogP contribution in [0.3, 0.4) is 0 Å². The van der Waals surface area contributed by atoms with Crippen LogP contribution < -0.4 is 10.6 Å². The first-order valence-electron chi connectivity index (χ1n) is 11.2. The van der Waals surface area contributed by atoms with E-state index >= 15 is 0 Å². The highest BCUT2D eigenvalue weighted by molar-refractivity contribution is 5.92. The van der Waals surface area contributed by atoms with Crippen LogP contribution in [-0.4, -0.2) is 33.7 Å². The molecule has 28 heavy (non-hydrogen) atoms. The van der Waals surface area contributed by atoms with Gasteiger partial charge in [0.15, 0.2) is 0 Å². The van der Waals surface area contributed by atoms with E-state index in [1.165, 1.54) is 32.1 Å². The number of hydrogen-bond acceptors (Lipinski definition) is 3. The lowest BCUT2D eigenvalue weighted by Gasteiger charge is -2.31. The second kappa shape index (κ2) is 9.57. The molecule has 2 fully saturated rings. The third kappa shape index (κ3) is 4.95. The standard InChI is InChI=1S/C22H36N4O2/c1-4-20(22(28)24-18-12-8-6-10-16(18)3)26-14-13-19(25-26)21(27)23-17-11-7-5-9-15(17)2/h13-18,20H,4-12H2,1-3H3,(H,23,27)(H,24,28)/t15-,16-,17+,18-,20+/m0/s1. The molecule has 0 saturated heterocycles. The van der Waals surface area contributed by atoms with Gasteiger partial charge < -0.3 is 10.6 Å². The van der Waals surface area contributed by atoms with Crippen LogP contribution in [0.1, 0.15) is 95.1 Å². The van der Waals surface area contributed by atoms with Crippen molar-refractivity contribution in [3.8, 4) is 0 Å². The smallest absolute Gasteiger partial charge is 0.272 e. The van der Waals surface area contributed by atoms with Crippen LogP contribution in [0.2, 0.25) is 0 Å². The van der Waals surface area contributed by atoms with Gasteiger partial charge in [-0.15, -0.1) is 0 Å². The number of carbonyl (C=O) groups excluding carboxylic acids is 2. The predicted molar refractivity (Wildman–Crippen MR) is 110 cm³/mol. The predicted octanol–water partition coefficient (Wildman–Crippen LogP) is 3.84. The first-order chi connectivity index (χ1) is 13.5. The Bertz CT molecular complexity index is 671. The zero-order chi connectivity index (χ0) is 20.1. The molecule has 0 unspecified atom stereocenters. The molecule has 6 nitrogen and oxygen atoms in total. The minimum Gasteiger partial charge on any atom is -0.351 e. The Balaban J connectivity index is 1.61. The number of rotatable bonds is 6. The second-order valence-corrected chi connectivity index (χ2v) is 8.82. The van der Waals surface area contributed by atoms with Crippen LogP contribution >= 0.6 is 0 Å².